The summed E-state index contributed by atoms with van der Waals surface area (Å²) < 4.78 is 14.6. The van der Waals surface area contributed by atoms with Crippen LogP contribution in [0.4, 0.5) is 10.1 Å². The number of carbonyl (C=O) groups excluding carboxylic acids is 1. The summed E-state index contributed by atoms with van der Waals surface area (Å²) in [6.07, 6.45) is 8.31. The van der Waals surface area contributed by atoms with Gasteiger partial charge in [-0.25, -0.2) is 14.4 Å². The fourth-order valence-corrected chi connectivity index (χ4v) is 3.60. The lowest BCUT2D eigenvalue weighted by atomic mass is 10.0. The minimum Gasteiger partial charge on any atom is -0.346 e. The number of fused-ring (bicyclic) bond motifs is 1. The molecule has 1 amide bonds. The van der Waals surface area contributed by atoms with Crippen molar-refractivity contribution in [3.63, 3.8) is 0 Å². The van der Waals surface area contributed by atoms with Gasteiger partial charge >= 0.3 is 0 Å². The molecule has 3 heterocycles. The number of hydrogen-bond donors (Lipinski definition) is 1. The van der Waals surface area contributed by atoms with Crippen molar-refractivity contribution < 1.29 is 9.18 Å². The Kier molecular flexibility index (Phi) is 6.48. The third kappa shape index (κ3) is 4.70. The largest absolute Gasteiger partial charge is 0.346 e. The predicted molar refractivity (Wildman–Crippen MR) is 131 cm³/mol. The maximum absolute atomic E-state index is 14.6. The third-order valence-electron chi connectivity index (χ3n) is 5.42. The molecule has 170 valence electrons. The molecule has 0 saturated heterocycles. The molecule has 3 aromatic heterocycles. The lowest BCUT2D eigenvalue weighted by Gasteiger charge is -2.17. The van der Waals surface area contributed by atoms with Gasteiger partial charge in [0.2, 0.25) is 0 Å². The highest BCUT2D eigenvalue weighted by molar-refractivity contribution is 6.01. The molecule has 8 heteroatoms. The Hall–Kier alpha value is -4.35. The number of hydrogen-bond acceptors (Lipinski definition) is 5. The first-order valence-electron chi connectivity index (χ1n) is 10.6. The van der Waals surface area contributed by atoms with Gasteiger partial charge in [-0.05, 0) is 55.6 Å². The molecule has 0 radical (unpaired) electrons. The highest BCUT2D eigenvalue weighted by atomic mass is 19.1. The Morgan fingerprint density at radius 1 is 1.12 bits per heavy atom. The Morgan fingerprint density at radius 3 is 2.71 bits per heavy atom. The Labute approximate surface area is 196 Å². The number of carbonyl (C=O) groups is 1. The number of aromatic amines is 1. The van der Waals surface area contributed by atoms with Crippen LogP contribution < -0.4 is 4.90 Å². The quantitative estimate of drug-likeness (QED) is 0.437. The number of benzene rings is 1. The van der Waals surface area contributed by atoms with Gasteiger partial charge in [-0.2, -0.15) is 5.26 Å². The van der Waals surface area contributed by atoms with Gasteiger partial charge < -0.3 is 14.8 Å². The molecule has 34 heavy (non-hydrogen) atoms. The van der Waals surface area contributed by atoms with Gasteiger partial charge in [0.05, 0.1) is 5.69 Å². The highest BCUT2D eigenvalue weighted by Crippen LogP contribution is 2.33. The molecule has 0 fully saturated rings. The summed E-state index contributed by atoms with van der Waals surface area (Å²) in [4.78, 5) is 27.4. The van der Waals surface area contributed by atoms with Crippen molar-refractivity contribution in [1.82, 2.24) is 19.9 Å². The monoisotopic (exact) mass is 454 g/mol. The predicted octanol–water partition coefficient (Wildman–Crippen LogP) is 4.38. The van der Waals surface area contributed by atoms with E-state index < -0.39 is 5.82 Å². The summed E-state index contributed by atoms with van der Waals surface area (Å²) in [5.41, 5.74) is 4.41. The lowest BCUT2D eigenvalue weighted by molar-refractivity contribution is -0.113. The number of likely N-dealkylation sites (N-methyl/N-ethyl adjacent to an activating group) is 2. The second kappa shape index (κ2) is 9.65. The van der Waals surface area contributed by atoms with Crippen LogP contribution in [-0.4, -0.2) is 53.4 Å². The molecule has 0 aliphatic carbocycles. The van der Waals surface area contributed by atoms with Crippen LogP contribution in [0.1, 0.15) is 5.69 Å². The molecular formula is C26H23FN6O. The number of H-pyrrole nitrogens is 1. The second-order valence-electron chi connectivity index (χ2n) is 8.09. The molecule has 7 nitrogen and oxygen atoms in total. The number of nitriles is 1. The Balaban J connectivity index is 1.70. The molecule has 4 aromatic rings. The summed E-state index contributed by atoms with van der Waals surface area (Å²) in [7, 11) is 5.35. The van der Waals surface area contributed by atoms with Crippen molar-refractivity contribution >= 4 is 22.6 Å². The van der Waals surface area contributed by atoms with Crippen molar-refractivity contribution in [3.8, 4) is 28.3 Å². The van der Waals surface area contributed by atoms with Crippen LogP contribution in [0.2, 0.25) is 0 Å². The van der Waals surface area contributed by atoms with E-state index in [1.165, 1.54) is 17.0 Å². The smallest absolute Gasteiger partial charge is 0.250 e. The maximum atomic E-state index is 14.6. The minimum absolute atomic E-state index is 0.180. The number of pyridine rings is 2. The fourth-order valence-electron chi connectivity index (χ4n) is 3.60. The van der Waals surface area contributed by atoms with E-state index in [2.05, 4.69) is 21.0 Å². The maximum Gasteiger partial charge on any atom is 0.250 e. The summed E-state index contributed by atoms with van der Waals surface area (Å²) in [5.74, 6) is -0.803. The molecule has 0 aliphatic rings. The van der Waals surface area contributed by atoms with Crippen molar-refractivity contribution in [2.45, 2.75) is 0 Å². The Morgan fingerprint density at radius 2 is 1.94 bits per heavy atom. The van der Waals surface area contributed by atoms with Crippen LogP contribution in [0.5, 0.6) is 0 Å². The molecule has 1 N–H and O–H groups in total. The van der Waals surface area contributed by atoms with Crippen molar-refractivity contribution in [2.75, 3.05) is 32.6 Å². The summed E-state index contributed by atoms with van der Waals surface area (Å²) in [6, 6.07) is 12.2. The van der Waals surface area contributed by atoms with E-state index in [1.54, 1.807) is 43.7 Å². The molecule has 1 aromatic carbocycles. The van der Waals surface area contributed by atoms with Gasteiger partial charge in [0.1, 0.15) is 23.2 Å². The summed E-state index contributed by atoms with van der Waals surface area (Å²) >= 11 is 0. The Bertz CT molecular complexity index is 1430. The lowest BCUT2D eigenvalue weighted by Crippen LogP contribution is -2.25. The first kappa shape index (κ1) is 22.8. The summed E-state index contributed by atoms with van der Waals surface area (Å²) in [6.45, 7) is 0.611. The van der Waals surface area contributed by atoms with E-state index in [1.807, 2.05) is 37.3 Å². The zero-order chi connectivity index (χ0) is 24.2. The highest BCUT2D eigenvalue weighted by Gasteiger charge is 2.15. The molecule has 0 bridgehead atoms. The van der Waals surface area contributed by atoms with Crippen molar-refractivity contribution in [1.29, 1.82) is 5.26 Å². The van der Waals surface area contributed by atoms with E-state index in [4.69, 9.17) is 0 Å². The number of anilines is 1. The number of nitrogens with one attached hydrogen (secondary N) is 1. The van der Waals surface area contributed by atoms with Gasteiger partial charge in [-0.15, -0.1) is 0 Å². The SMILES string of the molecule is CN(C)C/C=C/C(=O)N(C)c1cc(-c2cnc3[nH]cc(-c4ccnc(C#N)c4)c3c2)ccc1F. The second-order valence-corrected chi connectivity index (χ2v) is 8.09. The van der Waals surface area contributed by atoms with E-state index in [0.717, 1.165) is 27.6 Å². The average Bonchev–Trinajstić information content (AvgIpc) is 3.27. The van der Waals surface area contributed by atoms with Crippen LogP contribution in [0.15, 0.2) is 67.1 Å². The van der Waals surface area contributed by atoms with Crippen molar-refractivity contribution in [2.24, 2.45) is 0 Å². The van der Waals surface area contributed by atoms with E-state index in [0.29, 0.717) is 17.9 Å². The van der Waals surface area contributed by atoms with Crippen LogP contribution in [0.3, 0.4) is 0 Å². The number of nitrogens with zero attached hydrogens (tertiary/aromatic N) is 5. The molecule has 4 rings (SSSR count). The average molecular weight is 455 g/mol. The third-order valence-corrected chi connectivity index (χ3v) is 5.42. The zero-order valence-corrected chi connectivity index (χ0v) is 19.1. The molecule has 0 aliphatic heterocycles. The molecule has 0 atom stereocenters. The van der Waals surface area contributed by atoms with Gasteiger partial charge in [0.25, 0.3) is 5.91 Å². The molecular weight excluding hydrogens is 431 g/mol. The van der Waals surface area contributed by atoms with Gasteiger partial charge in [0, 0.05) is 54.8 Å². The van der Waals surface area contributed by atoms with E-state index in [-0.39, 0.29) is 11.6 Å². The van der Waals surface area contributed by atoms with Gasteiger partial charge in [-0.1, -0.05) is 12.1 Å². The van der Waals surface area contributed by atoms with Crippen LogP contribution in [0.25, 0.3) is 33.3 Å². The molecule has 0 saturated carbocycles. The van der Waals surface area contributed by atoms with Gasteiger partial charge in [-0.3, -0.25) is 4.79 Å². The minimum atomic E-state index is -0.488. The number of aromatic nitrogens is 3. The van der Waals surface area contributed by atoms with E-state index in [9.17, 15) is 14.4 Å². The number of amides is 1. The molecule has 0 unspecified atom stereocenters. The van der Waals surface area contributed by atoms with E-state index >= 15 is 0 Å². The van der Waals surface area contributed by atoms with Crippen molar-refractivity contribution in [3.05, 3.63) is 78.7 Å². The normalized spacial score (nSPS) is 11.3. The summed E-state index contributed by atoms with van der Waals surface area (Å²) in [5, 5.41) is 10.0. The standard InChI is InChI=1S/C26H23FN6O/c1-32(2)10-4-5-25(34)33(3)24-13-17(6-7-23(24)27)19-12-21-22(16-31-26(21)30-15-19)18-8-9-29-20(11-18)14-28/h4-9,11-13,15-16H,10H2,1-3H3,(H,30,31)/b5-4+. The number of rotatable bonds is 6. The van der Waals surface area contributed by atoms with Crippen LogP contribution in [0, 0.1) is 17.1 Å². The number of halogens is 1. The zero-order valence-electron chi connectivity index (χ0n) is 19.1. The topological polar surface area (TPSA) is 88.9 Å². The first-order chi connectivity index (χ1) is 16.4. The first-order valence-corrected chi connectivity index (χ1v) is 10.6. The fraction of sp³-hybridized carbons (Fsp3) is 0.154. The van der Waals surface area contributed by atoms with Crippen LogP contribution in [-0.2, 0) is 4.79 Å². The van der Waals surface area contributed by atoms with Crippen LogP contribution >= 0.6 is 0 Å². The molecule has 0 spiro atoms. The van der Waals surface area contributed by atoms with Gasteiger partial charge in [0.15, 0.2) is 0 Å².